The van der Waals surface area contributed by atoms with Crippen molar-refractivity contribution in [2.45, 2.75) is 39.2 Å². The average Bonchev–Trinajstić information content (AvgIpc) is 2.29. The molecule has 3 nitrogen and oxygen atoms in total. The van der Waals surface area contributed by atoms with Crippen LogP contribution >= 0.6 is 0 Å². The molecule has 1 saturated heterocycles. The van der Waals surface area contributed by atoms with Gasteiger partial charge in [-0.3, -0.25) is 4.90 Å². The molecule has 0 bridgehead atoms. The normalized spacial score (nSPS) is 23.2. The van der Waals surface area contributed by atoms with Crippen molar-refractivity contribution in [3.05, 3.63) is 0 Å². The van der Waals surface area contributed by atoms with Crippen molar-refractivity contribution in [2.75, 3.05) is 39.4 Å². The molecule has 0 radical (unpaired) electrons. The molecule has 1 aliphatic heterocycles. The Morgan fingerprint density at radius 1 is 1.33 bits per heavy atom. The van der Waals surface area contributed by atoms with Gasteiger partial charge in [-0.2, -0.15) is 0 Å². The van der Waals surface area contributed by atoms with Gasteiger partial charge in [0.15, 0.2) is 0 Å². The first-order chi connectivity index (χ1) is 7.36. The van der Waals surface area contributed by atoms with Crippen molar-refractivity contribution in [1.82, 2.24) is 10.2 Å². The molecule has 0 aromatic rings. The van der Waals surface area contributed by atoms with Crippen LogP contribution in [-0.4, -0.2) is 50.3 Å². The fourth-order valence-corrected chi connectivity index (χ4v) is 1.91. The number of nitrogens with one attached hydrogen (secondary N) is 1. The summed E-state index contributed by atoms with van der Waals surface area (Å²) in [6.07, 6.45) is 3.65. The summed E-state index contributed by atoms with van der Waals surface area (Å²) in [5, 5.41) is 3.53. The van der Waals surface area contributed by atoms with E-state index in [1.54, 1.807) is 0 Å². The maximum Gasteiger partial charge on any atom is 0.0593 e. The van der Waals surface area contributed by atoms with Crippen molar-refractivity contribution in [2.24, 2.45) is 0 Å². The van der Waals surface area contributed by atoms with Crippen molar-refractivity contribution < 1.29 is 4.74 Å². The van der Waals surface area contributed by atoms with Crippen LogP contribution in [-0.2, 0) is 4.74 Å². The van der Waals surface area contributed by atoms with E-state index in [9.17, 15) is 0 Å². The van der Waals surface area contributed by atoms with Crippen LogP contribution in [0.15, 0.2) is 0 Å². The third kappa shape index (κ3) is 5.50. The highest BCUT2D eigenvalue weighted by atomic mass is 16.5. The molecular weight excluding hydrogens is 188 g/mol. The third-order valence-electron chi connectivity index (χ3n) is 3.03. The van der Waals surface area contributed by atoms with E-state index in [2.05, 4.69) is 24.1 Å². The second-order valence-electron chi connectivity index (χ2n) is 4.33. The Bertz CT molecular complexity index is 153. The molecule has 90 valence electrons. The highest BCUT2D eigenvalue weighted by molar-refractivity contribution is 4.76. The number of unbranched alkanes of at least 4 members (excludes halogenated alkanes) is 1. The van der Waals surface area contributed by atoms with E-state index in [-0.39, 0.29) is 0 Å². The van der Waals surface area contributed by atoms with E-state index in [1.807, 2.05) is 0 Å². The molecule has 0 aliphatic carbocycles. The SMILES string of the molecule is CCCCOCCN1CCNC(CC)C1. The molecule has 0 spiro atoms. The van der Waals surface area contributed by atoms with E-state index in [1.165, 1.54) is 32.4 Å². The Balaban J connectivity index is 2.00. The predicted molar refractivity (Wildman–Crippen MR) is 64.2 cm³/mol. The molecular formula is C12H26N2O. The van der Waals surface area contributed by atoms with Crippen LogP contribution in [0.5, 0.6) is 0 Å². The van der Waals surface area contributed by atoms with Crippen molar-refractivity contribution >= 4 is 0 Å². The Labute approximate surface area is 94.2 Å². The molecule has 1 fully saturated rings. The van der Waals surface area contributed by atoms with E-state index in [0.29, 0.717) is 6.04 Å². The van der Waals surface area contributed by atoms with Crippen LogP contribution in [0.3, 0.4) is 0 Å². The van der Waals surface area contributed by atoms with Gasteiger partial charge in [0.2, 0.25) is 0 Å². The molecule has 0 aromatic heterocycles. The zero-order chi connectivity index (χ0) is 10.9. The molecule has 1 atom stereocenters. The van der Waals surface area contributed by atoms with E-state index < -0.39 is 0 Å². The van der Waals surface area contributed by atoms with Crippen LogP contribution in [0.25, 0.3) is 0 Å². The summed E-state index contributed by atoms with van der Waals surface area (Å²) in [4.78, 5) is 2.51. The standard InChI is InChI=1S/C12H26N2O/c1-3-5-9-15-10-8-14-7-6-13-12(4-2)11-14/h12-13H,3-11H2,1-2H3. The van der Waals surface area contributed by atoms with E-state index >= 15 is 0 Å². The van der Waals surface area contributed by atoms with Gasteiger partial charge in [-0.05, 0) is 12.8 Å². The van der Waals surface area contributed by atoms with Gasteiger partial charge in [0.05, 0.1) is 6.61 Å². The van der Waals surface area contributed by atoms with Gasteiger partial charge in [-0.15, -0.1) is 0 Å². The summed E-state index contributed by atoms with van der Waals surface area (Å²) in [6.45, 7) is 10.9. The largest absolute Gasteiger partial charge is 0.380 e. The molecule has 1 N–H and O–H groups in total. The highest BCUT2D eigenvalue weighted by Gasteiger charge is 2.16. The van der Waals surface area contributed by atoms with Crippen molar-refractivity contribution in [1.29, 1.82) is 0 Å². The number of hydrogen-bond acceptors (Lipinski definition) is 3. The Kier molecular flexibility index (Phi) is 6.98. The Morgan fingerprint density at radius 2 is 2.20 bits per heavy atom. The molecule has 1 rings (SSSR count). The minimum Gasteiger partial charge on any atom is -0.380 e. The molecule has 15 heavy (non-hydrogen) atoms. The summed E-state index contributed by atoms with van der Waals surface area (Å²) in [6, 6.07) is 0.689. The number of hydrogen-bond donors (Lipinski definition) is 1. The van der Waals surface area contributed by atoms with Crippen molar-refractivity contribution in [3.8, 4) is 0 Å². The van der Waals surface area contributed by atoms with Crippen LogP contribution in [0.2, 0.25) is 0 Å². The Morgan fingerprint density at radius 3 is 2.93 bits per heavy atom. The molecule has 1 unspecified atom stereocenters. The van der Waals surface area contributed by atoms with E-state index in [0.717, 1.165) is 26.3 Å². The van der Waals surface area contributed by atoms with Gasteiger partial charge in [0, 0.05) is 38.8 Å². The minimum absolute atomic E-state index is 0.689. The number of ether oxygens (including phenoxy) is 1. The first kappa shape index (κ1) is 12.9. The van der Waals surface area contributed by atoms with Gasteiger partial charge < -0.3 is 10.1 Å². The molecule has 1 heterocycles. The average molecular weight is 214 g/mol. The fourth-order valence-electron chi connectivity index (χ4n) is 1.91. The summed E-state index contributed by atoms with van der Waals surface area (Å²) in [7, 11) is 0. The number of piperazine rings is 1. The second kappa shape index (κ2) is 8.08. The van der Waals surface area contributed by atoms with E-state index in [4.69, 9.17) is 4.74 Å². The quantitative estimate of drug-likeness (QED) is 0.650. The van der Waals surface area contributed by atoms with Crippen LogP contribution in [0.4, 0.5) is 0 Å². The molecule has 0 saturated carbocycles. The van der Waals surface area contributed by atoms with Crippen molar-refractivity contribution in [3.63, 3.8) is 0 Å². The zero-order valence-electron chi connectivity index (χ0n) is 10.3. The summed E-state index contributed by atoms with van der Waals surface area (Å²) in [5.41, 5.74) is 0. The fraction of sp³-hybridized carbons (Fsp3) is 1.00. The second-order valence-corrected chi connectivity index (χ2v) is 4.33. The van der Waals surface area contributed by atoms with Gasteiger partial charge in [0.25, 0.3) is 0 Å². The topological polar surface area (TPSA) is 24.5 Å². The molecule has 0 aromatic carbocycles. The van der Waals surface area contributed by atoms with Gasteiger partial charge >= 0.3 is 0 Å². The van der Waals surface area contributed by atoms with Gasteiger partial charge in [0.1, 0.15) is 0 Å². The number of nitrogens with zero attached hydrogens (tertiary/aromatic N) is 1. The lowest BCUT2D eigenvalue weighted by Gasteiger charge is -2.33. The van der Waals surface area contributed by atoms with Crippen LogP contribution in [0, 0.1) is 0 Å². The summed E-state index contributed by atoms with van der Waals surface area (Å²) in [5.74, 6) is 0. The lowest BCUT2D eigenvalue weighted by atomic mass is 10.1. The molecule has 0 amide bonds. The monoisotopic (exact) mass is 214 g/mol. The smallest absolute Gasteiger partial charge is 0.0593 e. The minimum atomic E-state index is 0.689. The van der Waals surface area contributed by atoms with Gasteiger partial charge in [-0.25, -0.2) is 0 Å². The van der Waals surface area contributed by atoms with Crippen LogP contribution in [0.1, 0.15) is 33.1 Å². The number of rotatable bonds is 7. The summed E-state index contributed by atoms with van der Waals surface area (Å²) >= 11 is 0. The summed E-state index contributed by atoms with van der Waals surface area (Å²) < 4.78 is 5.58. The highest BCUT2D eigenvalue weighted by Crippen LogP contribution is 2.01. The predicted octanol–water partition coefficient (Wildman–Crippen LogP) is 1.49. The zero-order valence-corrected chi connectivity index (χ0v) is 10.3. The molecule has 1 aliphatic rings. The first-order valence-electron chi connectivity index (χ1n) is 6.40. The third-order valence-corrected chi connectivity index (χ3v) is 3.03. The van der Waals surface area contributed by atoms with Gasteiger partial charge in [-0.1, -0.05) is 20.3 Å². The Hall–Kier alpha value is -0.120. The maximum atomic E-state index is 5.58. The van der Waals surface area contributed by atoms with Crippen LogP contribution < -0.4 is 5.32 Å². The first-order valence-corrected chi connectivity index (χ1v) is 6.40. The molecule has 3 heteroatoms. The lowest BCUT2D eigenvalue weighted by Crippen LogP contribution is -2.51. The lowest BCUT2D eigenvalue weighted by molar-refractivity contribution is 0.0896. The maximum absolute atomic E-state index is 5.58.